The molecule has 4 nitrogen and oxygen atoms in total. The minimum atomic E-state index is -0.370. The molecule has 0 unspecified atom stereocenters. The highest BCUT2D eigenvalue weighted by Gasteiger charge is 2.11. The van der Waals surface area contributed by atoms with Crippen LogP contribution in [-0.2, 0) is 17.8 Å². The first-order chi connectivity index (χ1) is 10.1. The van der Waals surface area contributed by atoms with E-state index in [0.29, 0.717) is 25.3 Å². The van der Waals surface area contributed by atoms with Crippen LogP contribution in [0.15, 0.2) is 24.4 Å². The summed E-state index contributed by atoms with van der Waals surface area (Å²) in [6.07, 6.45) is 1.80. The number of nitrogens with zero attached hydrogens (tertiary/aromatic N) is 2. The molecule has 0 atom stereocenters. The minimum absolute atomic E-state index is 0.144. The lowest BCUT2D eigenvalue weighted by Crippen LogP contribution is -2.21. The number of ether oxygens (including phenoxy) is 1. The summed E-state index contributed by atoms with van der Waals surface area (Å²) in [6.45, 7) is 4.38. The lowest BCUT2D eigenvalue weighted by molar-refractivity contribution is 0.199. The van der Waals surface area contributed by atoms with Gasteiger partial charge in [-0.3, -0.25) is 0 Å². The topological polar surface area (TPSA) is 39.1 Å². The van der Waals surface area contributed by atoms with E-state index in [1.807, 2.05) is 11.5 Å². The Labute approximate surface area is 128 Å². The predicted octanol–water partition coefficient (Wildman–Crippen LogP) is 2.77. The van der Waals surface area contributed by atoms with Crippen LogP contribution < -0.4 is 5.32 Å². The van der Waals surface area contributed by atoms with Crippen LogP contribution >= 0.6 is 11.6 Å². The molecule has 2 aromatic rings. The van der Waals surface area contributed by atoms with E-state index < -0.39 is 0 Å². The molecule has 0 bridgehead atoms. The Morgan fingerprint density at radius 2 is 2.24 bits per heavy atom. The van der Waals surface area contributed by atoms with Gasteiger partial charge in [0.05, 0.1) is 23.9 Å². The van der Waals surface area contributed by atoms with Crippen LogP contribution in [0.2, 0.25) is 5.02 Å². The van der Waals surface area contributed by atoms with Crippen LogP contribution in [0.5, 0.6) is 0 Å². The van der Waals surface area contributed by atoms with Gasteiger partial charge in [-0.15, -0.1) is 0 Å². The smallest absolute Gasteiger partial charge is 0.146 e. The van der Waals surface area contributed by atoms with Gasteiger partial charge >= 0.3 is 0 Å². The summed E-state index contributed by atoms with van der Waals surface area (Å²) in [7, 11) is 1.66. The predicted molar refractivity (Wildman–Crippen MR) is 81.1 cm³/mol. The number of methoxy groups -OCH3 is 1. The van der Waals surface area contributed by atoms with E-state index in [1.54, 1.807) is 31.5 Å². The summed E-state index contributed by atoms with van der Waals surface area (Å²) in [5.74, 6) is 0.475. The number of benzene rings is 1. The third-order valence-electron chi connectivity index (χ3n) is 3.29. The van der Waals surface area contributed by atoms with Crippen molar-refractivity contribution in [3.05, 3.63) is 52.3 Å². The van der Waals surface area contributed by atoms with Crippen LogP contribution in [0.1, 0.15) is 17.1 Å². The van der Waals surface area contributed by atoms with Gasteiger partial charge in [0.1, 0.15) is 11.6 Å². The van der Waals surface area contributed by atoms with Crippen LogP contribution in [0, 0.1) is 12.7 Å². The van der Waals surface area contributed by atoms with E-state index >= 15 is 0 Å². The van der Waals surface area contributed by atoms with Gasteiger partial charge in [0, 0.05) is 32.0 Å². The fraction of sp³-hybridized carbons (Fsp3) is 0.400. The fourth-order valence-corrected chi connectivity index (χ4v) is 2.30. The number of halogens is 2. The highest BCUT2D eigenvalue weighted by molar-refractivity contribution is 6.30. The molecule has 0 amide bonds. The van der Waals surface area contributed by atoms with Crippen LogP contribution in [0.25, 0.3) is 0 Å². The van der Waals surface area contributed by atoms with Gasteiger partial charge in [0.25, 0.3) is 0 Å². The average molecular weight is 312 g/mol. The number of imidazole rings is 1. The molecule has 0 radical (unpaired) electrons. The van der Waals surface area contributed by atoms with Crippen molar-refractivity contribution in [1.29, 1.82) is 0 Å². The fourth-order valence-electron chi connectivity index (χ4n) is 2.10. The Balaban J connectivity index is 2.12. The molecule has 1 aromatic heterocycles. The van der Waals surface area contributed by atoms with Gasteiger partial charge in [0.2, 0.25) is 0 Å². The molecular formula is C15H19ClFN3O. The van der Waals surface area contributed by atoms with E-state index in [-0.39, 0.29) is 10.8 Å². The van der Waals surface area contributed by atoms with Crippen molar-refractivity contribution in [1.82, 2.24) is 14.9 Å². The van der Waals surface area contributed by atoms with Gasteiger partial charge in [-0.05, 0) is 13.0 Å². The molecule has 0 saturated heterocycles. The molecule has 21 heavy (non-hydrogen) atoms. The van der Waals surface area contributed by atoms with E-state index in [2.05, 4.69) is 10.3 Å². The van der Waals surface area contributed by atoms with Crippen molar-refractivity contribution in [2.75, 3.05) is 20.3 Å². The molecule has 0 fully saturated rings. The second kappa shape index (κ2) is 7.54. The zero-order valence-corrected chi connectivity index (χ0v) is 13.0. The minimum Gasteiger partial charge on any atom is -0.383 e. The van der Waals surface area contributed by atoms with Crippen LogP contribution in [-0.4, -0.2) is 29.8 Å². The van der Waals surface area contributed by atoms with E-state index in [1.165, 1.54) is 0 Å². The number of aryl methyl sites for hydroxylation is 1. The van der Waals surface area contributed by atoms with Gasteiger partial charge in [0.15, 0.2) is 0 Å². The van der Waals surface area contributed by atoms with Crippen molar-refractivity contribution < 1.29 is 9.13 Å². The molecule has 0 saturated carbocycles. The third-order valence-corrected chi connectivity index (χ3v) is 3.58. The molecule has 6 heteroatoms. The molecular weight excluding hydrogens is 293 g/mol. The number of aromatic nitrogens is 2. The quantitative estimate of drug-likeness (QED) is 0.799. The standard InChI is InChI=1S/C15H19ClFN3O/c1-11-19-9-13(8-18-6-7-21-2)20(11)10-12-4-3-5-14(16)15(12)17/h3-5,9,18H,6-8,10H2,1-2H3. The summed E-state index contributed by atoms with van der Waals surface area (Å²) in [5.41, 5.74) is 1.56. The summed E-state index contributed by atoms with van der Waals surface area (Å²) in [5, 5.41) is 3.41. The third kappa shape index (κ3) is 4.03. The zero-order valence-electron chi connectivity index (χ0n) is 12.2. The second-order valence-corrected chi connectivity index (χ2v) is 5.17. The Hall–Kier alpha value is -1.43. The molecule has 1 heterocycles. The first kappa shape index (κ1) is 15.9. The van der Waals surface area contributed by atoms with Gasteiger partial charge < -0.3 is 14.6 Å². The summed E-state index contributed by atoms with van der Waals surface area (Å²) >= 11 is 5.83. The molecule has 0 aliphatic heterocycles. The van der Waals surface area contributed by atoms with Crippen molar-refractivity contribution in [3.8, 4) is 0 Å². The average Bonchev–Trinajstić information content (AvgIpc) is 2.81. The van der Waals surface area contributed by atoms with Gasteiger partial charge in [-0.25, -0.2) is 9.37 Å². The van der Waals surface area contributed by atoms with Crippen LogP contribution in [0.3, 0.4) is 0 Å². The first-order valence-corrected chi connectivity index (χ1v) is 7.15. The highest BCUT2D eigenvalue weighted by atomic mass is 35.5. The molecule has 0 spiro atoms. The largest absolute Gasteiger partial charge is 0.383 e. The van der Waals surface area contributed by atoms with E-state index in [4.69, 9.17) is 16.3 Å². The van der Waals surface area contributed by atoms with Crippen molar-refractivity contribution in [2.45, 2.75) is 20.0 Å². The molecule has 1 aromatic carbocycles. The summed E-state index contributed by atoms with van der Waals surface area (Å²) in [4.78, 5) is 4.30. The maximum absolute atomic E-state index is 14.0. The summed E-state index contributed by atoms with van der Waals surface area (Å²) < 4.78 is 21.0. The lowest BCUT2D eigenvalue weighted by Gasteiger charge is -2.12. The number of hydrogen-bond acceptors (Lipinski definition) is 3. The maximum Gasteiger partial charge on any atom is 0.146 e. The Morgan fingerprint density at radius 3 is 3.00 bits per heavy atom. The summed E-state index contributed by atoms with van der Waals surface area (Å²) in [6, 6.07) is 5.04. The van der Waals surface area contributed by atoms with Crippen molar-refractivity contribution in [3.63, 3.8) is 0 Å². The van der Waals surface area contributed by atoms with E-state index in [0.717, 1.165) is 18.1 Å². The molecule has 2 rings (SSSR count). The van der Waals surface area contributed by atoms with E-state index in [9.17, 15) is 4.39 Å². The lowest BCUT2D eigenvalue weighted by atomic mass is 10.2. The monoisotopic (exact) mass is 311 g/mol. The first-order valence-electron chi connectivity index (χ1n) is 6.77. The Kier molecular flexibility index (Phi) is 5.73. The Bertz CT molecular complexity index is 601. The molecule has 1 N–H and O–H groups in total. The zero-order chi connectivity index (χ0) is 15.2. The van der Waals surface area contributed by atoms with Gasteiger partial charge in [-0.1, -0.05) is 23.7 Å². The maximum atomic E-state index is 14.0. The Morgan fingerprint density at radius 1 is 1.43 bits per heavy atom. The molecule has 0 aliphatic carbocycles. The second-order valence-electron chi connectivity index (χ2n) is 4.77. The number of nitrogens with one attached hydrogen (secondary N) is 1. The molecule has 0 aliphatic rings. The number of hydrogen-bond donors (Lipinski definition) is 1. The number of rotatable bonds is 7. The highest BCUT2D eigenvalue weighted by Crippen LogP contribution is 2.20. The van der Waals surface area contributed by atoms with Gasteiger partial charge in [-0.2, -0.15) is 0 Å². The van der Waals surface area contributed by atoms with Crippen molar-refractivity contribution >= 4 is 11.6 Å². The van der Waals surface area contributed by atoms with Crippen LogP contribution in [0.4, 0.5) is 4.39 Å². The normalized spacial score (nSPS) is 11.0. The van der Waals surface area contributed by atoms with Crippen molar-refractivity contribution in [2.24, 2.45) is 0 Å². The SMILES string of the molecule is COCCNCc1cnc(C)n1Cc1cccc(Cl)c1F. The molecule has 114 valence electrons.